The highest BCUT2D eigenvalue weighted by atomic mass is 32.1. The van der Waals surface area contributed by atoms with E-state index in [4.69, 9.17) is 24.6 Å². The number of nitrogens with zero attached hydrogens (tertiary/aromatic N) is 1. The molecular formula is C23H26N2O6S. The van der Waals surface area contributed by atoms with Crippen LogP contribution in [-0.4, -0.2) is 42.7 Å². The van der Waals surface area contributed by atoms with E-state index < -0.39 is 18.2 Å². The predicted octanol–water partition coefficient (Wildman–Crippen LogP) is 3.72. The van der Waals surface area contributed by atoms with E-state index >= 15 is 0 Å². The van der Waals surface area contributed by atoms with Crippen LogP contribution in [-0.2, 0) is 14.3 Å². The average Bonchev–Trinajstić information content (AvgIpc) is 2.81. The Balaban J connectivity index is 2.10. The van der Waals surface area contributed by atoms with E-state index in [9.17, 15) is 9.59 Å². The summed E-state index contributed by atoms with van der Waals surface area (Å²) in [5.41, 5.74) is 1.72. The van der Waals surface area contributed by atoms with Gasteiger partial charge >= 0.3 is 12.1 Å². The summed E-state index contributed by atoms with van der Waals surface area (Å²) < 4.78 is 16.2. The number of carbonyl (C=O) groups excluding carboxylic acids is 2. The van der Waals surface area contributed by atoms with Gasteiger partial charge in [0.25, 0.3) is 0 Å². The Morgan fingerprint density at radius 2 is 1.81 bits per heavy atom. The van der Waals surface area contributed by atoms with Crippen molar-refractivity contribution in [3.63, 3.8) is 0 Å². The van der Waals surface area contributed by atoms with Gasteiger partial charge in [-0.2, -0.15) is 17.9 Å². The standard InChI is InChI=1S/C23H26N2O6S/c1-16(10-12-30-21(27)15-32)22(18-4-8-20(9-5-18)29-13-11-26)31-23(28)25-19-6-2-17(14-24)3-7-19/h2-9,16,22,26,32H,10-13,15H2,1H3,(H,25,28)/t16-,22+/m0/s1. The van der Waals surface area contributed by atoms with E-state index in [-0.39, 0.29) is 31.5 Å². The van der Waals surface area contributed by atoms with Crippen LogP contribution in [0, 0.1) is 17.2 Å². The van der Waals surface area contributed by atoms with Crippen molar-refractivity contribution in [3.05, 3.63) is 59.7 Å². The zero-order valence-electron chi connectivity index (χ0n) is 17.7. The van der Waals surface area contributed by atoms with Crippen molar-refractivity contribution in [3.8, 4) is 11.8 Å². The Morgan fingerprint density at radius 3 is 2.41 bits per heavy atom. The van der Waals surface area contributed by atoms with Crippen LogP contribution >= 0.6 is 12.6 Å². The molecule has 2 aromatic carbocycles. The van der Waals surface area contributed by atoms with E-state index in [2.05, 4.69) is 17.9 Å². The molecule has 32 heavy (non-hydrogen) atoms. The highest BCUT2D eigenvalue weighted by Crippen LogP contribution is 2.30. The average molecular weight is 459 g/mol. The fourth-order valence-corrected chi connectivity index (χ4v) is 2.97. The fourth-order valence-electron chi connectivity index (χ4n) is 2.88. The maximum absolute atomic E-state index is 12.5. The number of aliphatic hydroxyl groups excluding tert-OH is 1. The molecule has 0 fully saturated rings. The van der Waals surface area contributed by atoms with E-state index in [1.54, 1.807) is 48.5 Å². The first kappa shape index (κ1) is 25.0. The molecule has 0 aliphatic rings. The third kappa shape index (κ3) is 8.13. The number of hydrogen-bond acceptors (Lipinski definition) is 8. The summed E-state index contributed by atoms with van der Waals surface area (Å²) in [6.45, 7) is 2.16. The van der Waals surface area contributed by atoms with Gasteiger partial charge in [0.1, 0.15) is 18.5 Å². The lowest BCUT2D eigenvalue weighted by molar-refractivity contribution is -0.141. The highest BCUT2D eigenvalue weighted by Gasteiger charge is 2.24. The molecule has 0 heterocycles. The third-order valence-electron chi connectivity index (χ3n) is 4.55. The minimum absolute atomic E-state index is 0.00336. The number of carbonyl (C=O) groups is 2. The lowest BCUT2D eigenvalue weighted by Crippen LogP contribution is -2.23. The number of nitrogens with one attached hydrogen (secondary N) is 1. The molecule has 0 saturated carbocycles. The molecule has 0 aromatic heterocycles. The van der Waals surface area contributed by atoms with Crippen molar-refractivity contribution < 1.29 is 28.9 Å². The molecule has 9 heteroatoms. The van der Waals surface area contributed by atoms with E-state index in [0.29, 0.717) is 23.4 Å². The minimum Gasteiger partial charge on any atom is -0.491 e. The Morgan fingerprint density at radius 1 is 1.12 bits per heavy atom. The Hall–Kier alpha value is -3.22. The summed E-state index contributed by atoms with van der Waals surface area (Å²) in [5.74, 6) is -0.00380. The number of nitriles is 1. The minimum atomic E-state index is -0.653. The van der Waals surface area contributed by atoms with Crippen LogP contribution < -0.4 is 10.1 Å². The molecule has 2 aromatic rings. The zero-order valence-corrected chi connectivity index (χ0v) is 18.6. The third-order valence-corrected chi connectivity index (χ3v) is 4.80. The number of thiol groups is 1. The molecular weight excluding hydrogens is 432 g/mol. The molecule has 2 rings (SSSR count). The molecule has 0 unspecified atom stereocenters. The number of ether oxygens (including phenoxy) is 3. The van der Waals surface area contributed by atoms with Gasteiger partial charge in [0.2, 0.25) is 0 Å². The molecule has 1 amide bonds. The number of hydrogen-bond donors (Lipinski definition) is 3. The molecule has 170 valence electrons. The molecule has 0 radical (unpaired) electrons. The number of rotatable bonds is 11. The molecule has 8 nitrogen and oxygen atoms in total. The summed E-state index contributed by atoms with van der Waals surface area (Å²) in [6, 6.07) is 15.5. The maximum Gasteiger partial charge on any atom is 0.412 e. The first-order valence-electron chi connectivity index (χ1n) is 10.0. The quantitative estimate of drug-likeness (QED) is 0.347. The number of anilines is 1. The maximum atomic E-state index is 12.5. The zero-order chi connectivity index (χ0) is 23.3. The van der Waals surface area contributed by atoms with Crippen molar-refractivity contribution in [1.29, 1.82) is 5.26 Å². The number of aliphatic hydroxyl groups is 1. The number of benzene rings is 2. The largest absolute Gasteiger partial charge is 0.491 e. The summed E-state index contributed by atoms with van der Waals surface area (Å²) in [5, 5.41) is 20.4. The lowest BCUT2D eigenvalue weighted by Gasteiger charge is -2.25. The van der Waals surface area contributed by atoms with Gasteiger partial charge in [0, 0.05) is 11.6 Å². The highest BCUT2D eigenvalue weighted by molar-refractivity contribution is 7.81. The van der Waals surface area contributed by atoms with Crippen LogP contribution in [0.2, 0.25) is 0 Å². The van der Waals surface area contributed by atoms with Crippen molar-refractivity contribution in [2.45, 2.75) is 19.4 Å². The normalized spacial score (nSPS) is 12.2. The molecule has 0 saturated heterocycles. The molecule has 2 N–H and O–H groups in total. The SMILES string of the molecule is C[C@@H](CCOC(=O)CS)[C@@H](OC(=O)Nc1ccc(C#N)cc1)c1ccc(OCCO)cc1. The van der Waals surface area contributed by atoms with Crippen LogP contribution in [0.3, 0.4) is 0 Å². The van der Waals surface area contributed by atoms with E-state index in [1.165, 1.54) is 0 Å². The Labute approximate surface area is 192 Å². The summed E-state index contributed by atoms with van der Waals surface area (Å²) in [7, 11) is 0. The monoisotopic (exact) mass is 458 g/mol. The van der Waals surface area contributed by atoms with Gasteiger partial charge in [-0.25, -0.2) is 4.79 Å². The number of esters is 1. The van der Waals surface area contributed by atoms with Gasteiger partial charge in [-0.05, 0) is 48.4 Å². The second kappa shape index (κ2) is 13.2. The molecule has 0 spiro atoms. The first-order valence-corrected chi connectivity index (χ1v) is 10.7. The van der Waals surface area contributed by atoms with Crippen molar-refractivity contribution in [2.24, 2.45) is 5.92 Å². The number of amides is 1. The first-order chi connectivity index (χ1) is 15.5. The van der Waals surface area contributed by atoms with Gasteiger partial charge < -0.3 is 19.3 Å². The second-order valence-corrected chi connectivity index (χ2v) is 7.24. The summed E-state index contributed by atoms with van der Waals surface area (Å²) in [4.78, 5) is 23.9. The Kier molecular flexibility index (Phi) is 10.4. The van der Waals surface area contributed by atoms with E-state index in [1.807, 2.05) is 13.0 Å². The molecule has 0 aliphatic heterocycles. The predicted molar refractivity (Wildman–Crippen MR) is 122 cm³/mol. The van der Waals surface area contributed by atoms with Gasteiger partial charge in [0.05, 0.1) is 30.6 Å². The lowest BCUT2D eigenvalue weighted by atomic mass is 9.94. The molecule has 0 aliphatic carbocycles. The van der Waals surface area contributed by atoms with Crippen LogP contribution in [0.4, 0.5) is 10.5 Å². The van der Waals surface area contributed by atoms with Gasteiger partial charge in [-0.3, -0.25) is 10.1 Å². The summed E-state index contributed by atoms with van der Waals surface area (Å²) in [6.07, 6.45) is -0.800. The smallest absolute Gasteiger partial charge is 0.412 e. The van der Waals surface area contributed by atoms with Gasteiger partial charge in [-0.1, -0.05) is 19.1 Å². The topological polar surface area (TPSA) is 118 Å². The van der Waals surface area contributed by atoms with Gasteiger partial charge in [0.15, 0.2) is 0 Å². The Bertz CT molecular complexity index is 912. The van der Waals surface area contributed by atoms with E-state index in [0.717, 1.165) is 5.56 Å². The van der Waals surface area contributed by atoms with Gasteiger partial charge in [-0.15, -0.1) is 0 Å². The van der Waals surface area contributed by atoms with Crippen LogP contribution in [0.1, 0.15) is 30.6 Å². The van der Waals surface area contributed by atoms with Crippen molar-refractivity contribution in [1.82, 2.24) is 0 Å². The second-order valence-electron chi connectivity index (χ2n) is 6.93. The summed E-state index contributed by atoms with van der Waals surface area (Å²) >= 11 is 3.88. The van der Waals surface area contributed by atoms with Crippen LogP contribution in [0.5, 0.6) is 5.75 Å². The fraction of sp³-hybridized carbons (Fsp3) is 0.348. The molecule has 2 atom stereocenters. The van der Waals surface area contributed by atoms with Crippen LogP contribution in [0.25, 0.3) is 0 Å². The molecule has 0 bridgehead atoms. The van der Waals surface area contributed by atoms with Crippen molar-refractivity contribution in [2.75, 3.05) is 30.9 Å². The van der Waals surface area contributed by atoms with Crippen molar-refractivity contribution >= 4 is 30.4 Å². The van der Waals surface area contributed by atoms with Crippen LogP contribution in [0.15, 0.2) is 48.5 Å².